The first-order valence-electron chi connectivity index (χ1n) is 4.03. The van der Waals surface area contributed by atoms with Crippen molar-refractivity contribution in [2.24, 2.45) is 7.05 Å². The molecule has 0 spiro atoms. The lowest BCUT2D eigenvalue weighted by molar-refractivity contribution is 0.393. The average molecular weight is 211 g/mol. The van der Waals surface area contributed by atoms with Gasteiger partial charge in [0.25, 0.3) is 0 Å². The maximum atomic E-state index is 4.94. The zero-order valence-electron chi connectivity index (χ0n) is 7.84. The van der Waals surface area contributed by atoms with Crippen LogP contribution in [0.2, 0.25) is 0 Å². The highest BCUT2D eigenvalue weighted by Crippen LogP contribution is 2.18. The van der Waals surface area contributed by atoms with Crippen LogP contribution < -0.4 is 0 Å². The van der Waals surface area contributed by atoms with Gasteiger partial charge in [0, 0.05) is 18.9 Å². The third-order valence-electron chi connectivity index (χ3n) is 1.61. The molecule has 7 heteroatoms. The fraction of sp³-hybridized carbons (Fsp3) is 0.429. The SMILES string of the molecule is Cc1cc(CSc2nnnn2C)no1. The summed E-state index contributed by atoms with van der Waals surface area (Å²) in [6.07, 6.45) is 0. The van der Waals surface area contributed by atoms with E-state index in [0.717, 1.165) is 16.6 Å². The van der Waals surface area contributed by atoms with Crippen LogP contribution in [0.5, 0.6) is 0 Å². The standard InChI is InChI=1S/C7H9N5OS/c1-5-3-6(9-13-5)4-14-7-8-10-11-12(7)2/h3H,4H2,1-2H3. The van der Waals surface area contributed by atoms with Gasteiger partial charge in [0.05, 0.1) is 5.69 Å². The summed E-state index contributed by atoms with van der Waals surface area (Å²) >= 11 is 1.52. The van der Waals surface area contributed by atoms with E-state index in [1.807, 2.05) is 13.0 Å². The van der Waals surface area contributed by atoms with Crippen molar-refractivity contribution in [3.05, 3.63) is 17.5 Å². The van der Waals surface area contributed by atoms with Crippen LogP contribution in [-0.4, -0.2) is 25.4 Å². The highest BCUT2D eigenvalue weighted by molar-refractivity contribution is 7.98. The van der Waals surface area contributed by atoms with Crippen molar-refractivity contribution in [3.8, 4) is 0 Å². The van der Waals surface area contributed by atoms with Gasteiger partial charge in [-0.05, 0) is 17.4 Å². The Bertz CT molecular complexity index is 423. The van der Waals surface area contributed by atoms with Crippen LogP contribution in [0.3, 0.4) is 0 Å². The van der Waals surface area contributed by atoms with E-state index < -0.39 is 0 Å². The summed E-state index contributed by atoms with van der Waals surface area (Å²) in [5, 5.41) is 15.7. The van der Waals surface area contributed by atoms with E-state index in [-0.39, 0.29) is 0 Å². The molecule has 14 heavy (non-hydrogen) atoms. The van der Waals surface area contributed by atoms with Crippen molar-refractivity contribution in [1.82, 2.24) is 25.4 Å². The van der Waals surface area contributed by atoms with E-state index in [1.54, 1.807) is 11.7 Å². The maximum absolute atomic E-state index is 4.94. The van der Waals surface area contributed by atoms with Crippen LogP contribution >= 0.6 is 11.8 Å². The van der Waals surface area contributed by atoms with Crippen molar-refractivity contribution in [1.29, 1.82) is 0 Å². The van der Waals surface area contributed by atoms with Crippen LogP contribution in [0, 0.1) is 6.92 Å². The molecule has 0 bridgehead atoms. The van der Waals surface area contributed by atoms with Crippen molar-refractivity contribution in [3.63, 3.8) is 0 Å². The Balaban J connectivity index is 1.98. The molecule has 0 saturated heterocycles. The van der Waals surface area contributed by atoms with Crippen LogP contribution in [0.15, 0.2) is 15.7 Å². The Morgan fingerprint density at radius 2 is 2.43 bits per heavy atom. The Labute approximate surface area is 84.7 Å². The summed E-state index contributed by atoms with van der Waals surface area (Å²) in [6, 6.07) is 1.90. The molecule has 2 aromatic rings. The van der Waals surface area contributed by atoms with Gasteiger partial charge in [0.1, 0.15) is 5.76 Å². The van der Waals surface area contributed by atoms with Crippen molar-refractivity contribution < 1.29 is 4.52 Å². The predicted molar refractivity (Wildman–Crippen MR) is 49.6 cm³/mol. The molecule has 0 aliphatic rings. The molecular weight excluding hydrogens is 202 g/mol. The van der Waals surface area contributed by atoms with Crippen LogP contribution in [0.25, 0.3) is 0 Å². The molecule has 74 valence electrons. The molecule has 0 N–H and O–H groups in total. The molecule has 0 unspecified atom stereocenters. The van der Waals surface area contributed by atoms with Crippen molar-refractivity contribution >= 4 is 11.8 Å². The normalized spacial score (nSPS) is 10.7. The monoisotopic (exact) mass is 211 g/mol. The molecule has 0 radical (unpaired) electrons. The molecule has 0 atom stereocenters. The number of hydrogen-bond donors (Lipinski definition) is 0. The first-order valence-corrected chi connectivity index (χ1v) is 5.01. The van der Waals surface area contributed by atoms with Gasteiger partial charge in [-0.3, -0.25) is 0 Å². The van der Waals surface area contributed by atoms with Gasteiger partial charge in [-0.15, -0.1) is 5.10 Å². The molecule has 6 nitrogen and oxygen atoms in total. The largest absolute Gasteiger partial charge is 0.361 e. The van der Waals surface area contributed by atoms with E-state index in [4.69, 9.17) is 4.52 Å². The lowest BCUT2D eigenvalue weighted by Crippen LogP contribution is -1.93. The van der Waals surface area contributed by atoms with Gasteiger partial charge in [-0.2, -0.15) is 0 Å². The van der Waals surface area contributed by atoms with Crippen LogP contribution in [0.4, 0.5) is 0 Å². The van der Waals surface area contributed by atoms with Crippen molar-refractivity contribution in [2.75, 3.05) is 0 Å². The fourth-order valence-electron chi connectivity index (χ4n) is 0.968. The molecular formula is C7H9N5OS. The van der Waals surface area contributed by atoms with E-state index >= 15 is 0 Å². The number of hydrogen-bond acceptors (Lipinski definition) is 6. The molecule has 0 saturated carbocycles. The quantitative estimate of drug-likeness (QED) is 0.699. The van der Waals surface area contributed by atoms with Gasteiger partial charge in [0.15, 0.2) is 0 Å². The molecule has 2 aromatic heterocycles. The molecule has 0 aromatic carbocycles. The van der Waals surface area contributed by atoms with Gasteiger partial charge < -0.3 is 4.52 Å². The number of rotatable bonds is 3. The zero-order chi connectivity index (χ0) is 9.97. The Kier molecular flexibility index (Phi) is 2.49. The van der Waals surface area contributed by atoms with Crippen LogP contribution in [-0.2, 0) is 12.8 Å². The topological polar surface area (TPSA) is 69.6 Å². The van der Waals surface area contributed by atoms with Gasteiger partial charge >= 0.3 is 0 Å². The smallest absolute Gasteiger partial charge is 0.209 e. The number of tetrazole rings is 1. The third-order valence-corrected chi connectivity index (χ3v) is 2.65. The molecule has 2 rings (SSSR count). The lowest BCUT2D eigenvalue weighted by atomic mass is 10.4. The van der Waals surface area contributed by atoms with Crippen LogP contribution in [0.1, 0.15) is 11.5 Å². The number of aromatic nitrogens is 5. The molecule has 0 aliphatic heterocycles. The second kappa shape index (κ2) is 3.79. The summed E-state index contributed by atoms with van der Waals surface area (Å²) in [5.41, 5.74) is 0.899. The second-order valence-corrected chi connectivity index (χ2v) is 3.75. The fourth-order valence-corrected chi connectivity index (χ4v) is 1.70. The first kappa shape index (κ1) is 9.20. The van der Waals surface area contributed by atoms with E-state index in [9.17, 15) is 0 Å². The van der Waals surface area contributed by atoms with E-state index in [1.165, 1.54) is 11.8 Å². The van der Waals surface area contributed by atoms with E-state index in [2.05, 4.69) is 20.7 Å². The van der Waals surface area contributed by atoms with Gasteiger partial charge in [-0.25, -0.2) is 4.68 Å². The average Bonchev–Trinajstić information content (AvgIpc) is 2.72. The van der Waals surface area contributed by atoms with Gasteiger partial charge in [-0.1, -0.05) is 16.9 Å². The minimum atomic E-state index is 0.714. The van der Waals surface area contributed by atoms with E-state index in [0.29, 0.717) is 5.75 Å². The molecule has 0 amide bonds. The number of thioether (sulfide) groups is 1. The maximum Gasteiger partial charge on any atom is 0.209 e. The molecule has 0 aliphatic carbocycles. The number of nitrogens with zero attached hydrogens (tertiary/aromatic N) is 5. The highest BCUT2D eigenvalue weighted by atomic mass is 32.2. The predicted octanol–water partition coefficient (Wildman–Crippen LogP) is 0.799. The summed E-state index contributed by atoms with van der Waals surface area (Å²) < 4.78 is 6.57. The van der Waals surface area contributed by atoms with Gasteiger partial charge in [0.2, 0.25) is 5.16 Å². The highest BCUT2D eigenvalue weighted by Gasteiger charge is 2.05. The summed E-state index contributed by atoms with van der Waals surface area (Å²) in [5.74, 6) is 1.53. The first-order chi connectivity index (χ1) is 6.75. The zero-order valence-corrected chi connectivity index (χ0v) is 8.65. The summed E-state index contributed by atoms with van der Waals surface area (Å²) in [7, 11) is 1.80. The number of aryl methyl sites for hydroxylation is 2. The lowest BCUT2D eigenvalue weighted by Gasteiger charge is -1.94. The molecule has 0 fully saturated rings. The minimum Gasteiger partial charge on any atom is -0.361 e. The van der Waals surface area contributed by atoms with Crippen molar-refractivity contribution in [2.45, 2.75) is 17.8 Å². The minimum absolute atomic E-state index is 0.714. The Morgan fingerprint density at radius 3 is 3.00 bits per heavy atom. The summed E-state index contributed by atoms with van der Waals surface area (Å²) in [6.45, 7) is 1.87. The Hall–Kier alpha value is -1.37. The third kappa shape index (κ3) is 1.92. The Morgan fingerprint density at radius 1 is 1.57 bits per heavy atom. The summed E-state index contributed by atoms with van der Waals surface area (Å²) in [4.78, 5) is 0. The second-order valence-electron chi connectivity index (χ2n) is 2.80. The molecule has 2 heterocycles.